The van der Waals surface area contributed by atoms with Crippen LogP contribution in [0.25, 0.3) is 0 Å². The molecule has 0 radical (unpaired) electrons. The fourth-order valence-corrected chi connectivity index (χ4v) is 7.21. The number of carboxylic acids is 1. The molecule has 2 amide bonds. The van der Waals surface area contributed by atoms with Crippen molar-refractivity contribution < 1.29 is 29.3 Å². The maximum Gasteiger partial charge on any atom is 0.310 e. The number of carbonyl (C=O) groups excluding carboxylic acids is 2. The Morgan fingerprint density at radius 1 is 1.13 bits per heavy atom. The van der Waals surface area contributed by atoms with Crippen LogP contribution in [0.5, 0.6) is 0 Å². The number of likely N-dealkylation sites (tertiary alicyclic amines) is 1. The van der Waals surface area contributed by atoms with Crippen molar-refractivity contribution in [1.29, 1.82) is 0 Å². The summed E-state index contributed by atoms with van der Waals surface area (Å²) in [6.07, 6.45) is 3.27. The number of ether oxygens (including phenoxy) is 1. The Morgan fingerprint density at radius 3 is 2.33 bits per heavy atom. The molecule has 0 saturated carbocycles. The van der Waals surface area contributed by atoms with Crippen LogP contribution in [0.3, 0.4) is 0 Å². The Balaban J connectivity index is 1.60. The smallest absolute Gasteiger partial charge is 0.310 e. The SMILES string of the molecule is C=CCN(Cc1ccccc1)C(=O)C1N([C@@H](CO)Cc2ccccc2)C(=O)[C@@H]2[C@H](C(=O)O)[C@]3(CC)CCC12O3. The number of hydrogen-bond donors (Lipinski definition) is 2. The predicted molar refractivity (Wildman–Crippen MR) is 144 cm³/mol. The summed E-state index contributed by atoms with van der Waals surface area (Å²) in [7, 11) is 0. The van der Waals surface area contributed by atoms with Crippen molar-refractivity contribution in [3.05, 3.63) is 84.4 Å². The van der Waals surface area contributed by atoms with Crippen LogP contribution >= 0.6 is 0 Å². The second-order valence-electron chi connectivity index (χ2n) is 10.9. The average molecular weight is 533 g/mol. The lowest BCUT2D eigenvalue weighted by atomic mass is 9.65. The first kappa shape index (κ1) is 27.1. The van der Waals surface area contributed by atoms with Crippen LogP contribution in [0.15, 0.2) is 73.3 Å². The Labute approximate surface area is 228 Å². The van der Waals surface area contributed by atoms with Crippen molar-refractivity contribution >= 4 is 17.8 Å². The molecule has 3 heterocycles. The molecule has 206 valence electrons. The maximum absolute atomic E-state index is 14.5. The lowest BCUT2D eigenvalue weighted by Crippen LogP contribution is -2.59. The van der Waals surface area contributed by atoms with Gasteiger partial charge in [0, 0.05) is 13.1 Å². The van der Waals surface area contributed by atoms with E-state index in [1.54, 1.807) is 11.0 Å². The summed E-state index contributed by atoms with van der Waals surface area (Å²) in [5.41, 5.74) is -0.436. The van der Waals surface area contributed by atoms with Gasteiger partial charge in [0.2, 0.25) is 11.8 Å². The summed E-state index contributed by atoms with van der Waals surface area (Å²) >= 11 is 0. The zero-order valence-corrected chi connectivity index (χ0v) is 22.2. The van der Waals surface area contributed by atoms with Gasteiger partial charge in [0.15, 0.2) is 0 Å². The number of fused-ring (bicyclic) bond motifs is 1. The first-order chi connectivity index (χ1) is 18.8. The van der Waals surface area contributed by atoms with Gasteiger partial charge in [-0.15, -0.1) is 6.58 Å². The van der Waals surface area contributed by atoms with Gasteiger partial charge in [-0.25, -0.2) is 0 Å². The largest absolute Gasteiger partial charge is 0.481 e. The Hall–Kier alpha value is -3.49. The molecule has 3 aliphatic rings. The highest BCUT2D eigenvalue weighted by Crippen LogP contribution is 2.64. The Kier molecular flexibility index (Phi) is 7.35. The van der Waals surface area contributed by atoms with E-state index in [0.29, 0.717) is 32.2 Å². The molecule has 3 fully saturated rings. The fraction of sp³-hybridized carbons (Fsp3) is 0.452. The lowest BCUT2D eigenvalue weighted by molar-refractivity contribution is -0.160. The van der Waals surface area contributed by atoms with Crippen molar-refractivity contribution in [3.8, 4) is 0 Å². The van der Waals surface area contributed by atoms with E-state index in [4.69, 9.17) is 4.74 Å². The minimum Gasteiger partial charge on any atom is -0.481 e. The third kappa shape index (κ3) is 4.36. The fourth-order valence-electron chi connectivity index (χ4n) is 7.21. The molecule has 3 aliphatic heterocycles. The first-order valence-corrected chi connectivity index (χ1v) is 13.7. The minimum atomic E-state index is -1.27. The topological polar surface area (TPSA) is 107 Å². The van der Waals surface area contributed by atoms with Gasteiger partial charge >= 0.3 is 5.97 Å². The molecule has 2 unspecified atom stereocenters. The summed E-state index contributed by atoms with van der Waals surface area (Å²) in [6.45, 7) is 5.89. The number of benzene rings is 2. The molecule has 1 spiro atoms. The van der Waals surface area contributed by atoms with E-state index in [1.807, 2.05) is 67.6 Å². The second-order valence-corrected chi connectivity index (χ2v) is 10.9. The number of carbonyl (C=O) groups is 3. The standard InChI is InChI=1S/C31H36N2O6/c1-3-17-32(19-22-13-9-6-10-14-22)28(36)26-31-16-15-30(4-2,39-31)25(29(37)38)24(31)27(35)33(26)23(20-34)18-21-11-7-5-8-12-21/h3,5-14,23-26,34H,1,4,15-20H2,2H3,(H,37,38)/t23-,24+,25-,26?,30+,31?/m1/s1. The summed E-state index contributed by atoms with van der Waals surface area (Å²) in [5, 5.41) is 20.9. The minimum absolute atomic E-state index is 0.247. The third-order valence-corrected chi connectivity index (χ3v) is 8.91. The van der Waals surface area contributed by atoms with E-state index in [-0.39, 0.29) is 19.1 Å². The highest BCUT2D eigenvalue weighted by Gasteiger charge is 2.79. The number of aliphatic carboxylic acids is 1. The number of nitrogens with zero attached hydrogens (tertiary/aromatic N) is 2. The Bertz CT molecular complexity index is 1240. The number of rotatable bonds is 11. The molecular weight excluding hydrogens is 496 g/mol. The molecule has 8 heteroatoms. The number of carboxylic acid groups (broad SMARTS) is 1. The van der Waals surface area contributed by atoms with E-state index in [9.17, 15) is 24.6 Å². The van der Waals surface area contributed by atoms with E-state index in [2.05, 4.69) is 6.58 Å². The number of amides is 2. The zero-order valence-electron chi connectivity index (χ0n) is 22.2. The molecule has 2 bridgehead atoms. The number of hydrogen-bond acceptors (Lipinski definition) is 5. The van der Waals surface area contributed by atoms with Gasteiger partial charge in [0.25, 0.3) is 0 Å². The molecule has 5 rings (SSSR count). The number of aliphatic hydroxyl groups excluding tert-OH is 1. The molecule has 2 aromatic carbocycles. The molecule has 0 aromatic heterocycles. The third-order valence-electron chi connectivity index (χ3n) is 8.91. The maximum atomic E-state index is 14.5. The van der Waals surface area contributed by atoms with Crippen LogP contribution in [0.4, 0.5) is 0 Å². The van der Waals surface area contributed by atoms with Gasteiger partial charge in [0.1, 0.15) is 17.6 Å². The quantitative estimate of drug-likeness (QED) is 0.431. The monoisotopic (exact) mass is 532 g/mol. The van der Waals surface area contributed by atoms with Crippen LogP contribution in [0.1, 0.15) is 37.3 Å². The normalized spacial score (nSPS) is 29.7. The van der Waals surface area contributed by atoms with E-state index in [0.717, 1.165) is 11.1 Å². The van der Waals surface area contributed by atoms with Crippen LogP contribution in [-0.4, -0.2) is 74.2 Å². The lowest BCUT2D eigenvalue weighted by Gasteiger charge is -2.39. The van der Waals surface area contributed by atoms with Crippen molar-refractivity contribution in [2.45, 2.75) is 62.4 Å². The predicted octanol–water partition coefficient (Wildman–Crippen LogP) is 3.04. The van der Waals surface area contributed by atoms with Crippen LogP contribution in [0.2, 0.25) is 0 Å². The summed E-state index contributed by atoms with van der Waals surface area (Å²) < 4.78 is 6.65. The number of aliphatic hydroxyl groups is 1. The molecule has 3 saturated heterocycles. The molecule has 8 nitrogen and oxygen atoms in total. The van der Waals surface area contributed by atoms with Gasteiger partial charge in [-0.1, -0.05) is 73.7 Å². The highest BCUT2D eigenvalue weighted by molar-refractivity contribution is 5.98. The second kappa shape index (κ2) is 10.6. The average Bonchev–Trinajstić information content (AvgIpc) is 3.56. The van der Waals surface area contributed by atoms with Gasteiger partial charge in [-0.3, -0.25) is 14.4 Å². The van der Waals surface area contributed by atoms with Gasteiger partial charge in [0.05, 0.1) is 24.2 Å². The molecule has 0 aliphatic carbocycles. The first-order valence-electron chi connectivity index (χ1n) is 13.7. The van der Waals surface area contributed by atoms with Crippen molar-refractivity contribution in [2.24, 2.45) is 11.8 Å². The van der Waals surface area contributed by atoms with Crippen LogP contribution in [0, 0.1) is 11.8 Å². The molecule has 2 N–H and O–H groups in total. The van der Waals surface area contributed by atoms with Gasteiger partial charge in [-0.05, 0) is 36.8 Å². The van der Waals surface area contributed by atoms with Crippen molar-refractivity contribution in [2.75, 3.05) is 13.2 Å². The van der Waals surface area contributed by atoms with Crippen molar-refractivity contribution in [1.82, 2.24) is 9.80 Å². The van der Waals surface area contributed by atoms with E-state index >= 15 is 0 Å². The van der Waals surface area contributed by atoms with E-state index < -0.39 is 47.0 Å². The molecule has 6 atom stereocenters. The summed E-state index contributed by atoms with van der Waals surface area (Å²) in [6, 6.07) is 17.3. The van der Waals surface area contributed by atoms with Crippen LogP contribution < -0.4 is 0 Å². The molecular formula is C31H36N2O6. The van der Waals surface area contributed by atoms with Gasteiger partial charge in [-0.2, -0.15) is 0 Å². The van der Waals surface area contributed by atoms with Crippen LogP contribution in [-0.2, 0) is 32.1 Å². The zero-order chi connectivity index (χ0) is 27.8. The van der Waals surface area contributed by atoms with E-state index in [1.165, 1.54) is 4.90 Å². The van der Waals surface area contributed by atoms with Gasteiger partial charge < -0.3 is 24.7 Å². The Morgan fingerprint density at radius 2 is 1.77 bits per heavy atom. The summed E-state index contributed by atoms with van der Waals surface area (Å²) in [5.74, 6) is -3.88. The van der Waals surface area contributed by atoms with Crippen molar-refractivity contribution in [3.63, 3.8) is 0 Å². The highest BCUT2D eigenvalue weighted by atomic mass is 16.5. The molecule has 39 heavy (non-hydrogen) atoms. The summed E-state index contributed by atoms with van der Waals surface area (Å²) in [4.78, 5) is 44.5. The molecule has 2 aromatic rings.